The lowest BCUT2D eigenvalue weighted by molar-refractivity contribution is 0.542. The largest absolute Gasteiger partial charge is 0.343 e. The Bertz CT molecular complexity index is 1120. The molecule has 0 saturated carbocycles. The van der Waals surface area contributed by atoms with Crippen molar-refractivity contribution in [3.8, 4) is 0 Å². The fraction of sp³-hybridized carbons (Fsp3) is 0.143. The molecule has 0 N–H and O–H groups in total. The molecular weight excluding hydrogens is 364 g/mol. The van der Waals surface area contributed by atoms with Gasteiger partial charge in [0.25, 0.3) is 0 Å². The third kappa shape index (κ3) is 3.46. The molecule has 0 bridgehead atoms. The van der Waals surface area contributed by atoms with Gasteiger partial charge in [0.05, 0.1) is 0 Å². The molecular formula is C28H26N2. The normalized spacial score (nSPS) is 15.7. The average molecular weight is 391 g/mol. The third-order valence-corrected chi connectivity index (χ3v) is 5.95. The van der Waals surface area contributed by atoms with E-state index in [9.17, 15) is 0 Å². The fourth-order valence-corrected chi connectivity index (χ4v) is 4.53. The van der Waals surface area contributed by atoms with Crippen molar-refractivity contribution in [3.05, 3.63) is 131 Å². The number of fused-ring (bicyclic) bond motifs is 1. The summed E-state index contributed by atoms with van der Waals surface area (Å²) in [6.07, 6.45) is 0.127. The molecule has 4 aromatic rings. The Kier molecular flexibility index (Phi) is 4.98. The van der Waals surface area contributed by atoms with Crippen molar-refractivity contribution in [2.75, 3.05) is 9.80 Å². The molecule has 1 unspecified atom stereocenters. The molecule has 30 heavy (non-hydrogen) atoms. The summed E-state index contributed by atoms with van der Waals surface area (Å²) in [4.78, 5) is 5.10. The number of nitrogens with zero attached hydrogens (tertiary/aromatic N) is 2. The minimum Gasteiger partial charge on any atom is -0.343 e. The highest BCUT2D eigenvalue weighted by Gasteiger charge is 2.34. The van der Waals surface area contributed by atoms with E-state index in [1.165, 1.54) is 33.6 Å². The lowest BCUT2D eigenvalue weighted by Gasteiger charge is -2.48. The monoisotopic (exact) mass is 390 g/mol. The maximum atomic E-state index is 2.55. The second kappa shape index (κ2) is 8.08. The van der Waals surface area contributed by atoms with Crippen LogP contribution >= 0.6 is 0 Å². The van der Waals surface area contributed by atoms with E-state index in [1.807, 2.05) is 0 Å². The molecule has 1 aliphatic heterocycles. The first-order valence-electron chi connectivity index (χ1n) is 10.6. The second-order valence-electron chi connectivity index (χ2n) is 7.94. The molecule has 1 heterocycles. The van der Waals surface area contributed by atoms with E-state index in [0.29, 0.717) is 0 Å². The third-order valence-electron chi connectivity index (χ3n) is 5.95. The number of para-hydroxylation sites is 2. The van der Waals surface area contributed by atoms with E-state index >= 15 is 0 Å². The van der Waals surface area contributed by atoms with Crippen molar-refractivity contribution in [1.82, 2.24) is 0 Å². The molecule has 2 nitrogen and oxygen atoms in total. The minimum atomic E-state index is 0.127. The quantitative estimate of drug-likeness (QED) is 0.381. The number of rotatable bonds is 4. The van der Waals surface area contributed by atoms with E-state index < -0.39 is 0 Å². The summed E-state index contributed by atoms with van der Waals surface area (Å²) in [5, 5.41) is 0. The summed E-state index contributed by atoms with van der Waals surface area (Å²) in [6, 6.07) is 39.2. The maximum Gasteiger partial charge on any atom is 0.129 e. The predicted molar refractivity (Wildman–Crippen MR) is 126 cm³/mol. The van der Waals surface area contributed by atoms with Gasteiger partial charge in [0.15, 0.2) is 0 Å². The summed E-state index contributed by atoms with van der Waals surface area (Å²) in [6.45, 7) is 3.96. The lowest BCUT2D eigenvalue weighted by atomic mass is 9.99. The van der Waals surface area contributed by atoms with Crippen LogP contribution in [0.3, 0.4) is 0 Å². The van der Waals surface area contributed by atoms with E-state index in [-0.39, 0.29) is 6.17 Å². The summed E-state index contributed by atoms with van der Waals surface area (Å²) >= 11 is 0. The van der Waals surface area contributed by atoms with E-state index in [1.54, 1.807) is 0 Å². The standard InChI is InChI=1S/C28H26N2/c1-22-12-8-10-18-26(22)30-21-25-17-9-11-19-27(25)29(20-23-13-4-2-5-14-23)28(30)24-15-6-3-7-16-24/h2-19,28H,20-21H2,1H3. The minimum absolute atomic E-state index is 0.127. The summed E-state index contributed by atoms with van der Waals surface area (Å²) in [5.74, 6) is 0. The molecule has 0 saturated heterocycles. The van der Waals surface area contributed by atoms with Gasteiger partial charge < -0.3 is 9.80 Å². The number of benzene rings is 4. The van der Waals surface area contributed by atoms with Crippen LogP contribution in [-0.4, -0.2) is 0 Å². The molecule has 1 aliphatic rings. The second-order valence-corrected chi connectivity index (χ2v) is 7.94. The molecule has 148 valence electrons. The summed E-state index contributed by atoms with van der Waals surface area (Å²) in [7, 11) is 0. The van der Waals surface area contributed by atoms with Crippen molar-refractivity contribution in [1.29, 1.82) is 0 Å². The van der Waals surface area contributed by atoms with Crippen LogP contribution in [0.2, 0.25) is 0 Å². The van der Waals surface area contributed by atoms with Crippen molar-refractivity contribution in [2.24, 2.45) is 0 Å². The molecule has 2 heteroatoms. The van der Waals surface area contributed by atoms with Gasteiger partial charge in [0.1, 0.15) is 6.17 Å². The van der Waals surface area contributed by atoms with Gasteiger partial charge in [-0.2, -0.15) is 0 Å². The molecule has 0 radical (unpaired) electrons. The van der Waals surface area contributed by atoms with Crippen molar-refractivity contribution in [3.63, 3.8) is 0 Å². The first-order valence-corrected chi connectivity index (χ1v) is 10.6. The molecule has 1 atom stereocenters. The maximum absolute atomic E-state index is 2.55. The van der Waals surface area contributed by atoms with Gasteiger partial charge >= 0.3 is 0 Å². The van der Waals surface area contributed by atoms with Gasteiger partial charge in [-0.3, -0.25) is 0 Å². The molecule has 0 aromatic heterocycles. The summed E-state index contributed by atoms with van der Waals surface area (Å²) < 4.78 is 0. The van der Waals surface area contributed by atoms with E-state index in [0.717, 1.165) is 13.1 Å². The van der Waals surface area contributed by atoms with Crippen molar-refractivity contribution in [2.45, 2.75) is 26.2 Å². The van der Waals surface area contributed by atoms with Gasteiger partial charge in [-0.1, -0.05) is 97.1 Å². The topological polar surface area (TPSA) is 6.48 Å². The van der Waals surface area contributed by atoms with Crippen molar-refractivity contribution < 1.29 is 0 Å². The smallest absolute Gasteiger partial charge is 0.129 e. The van der Waals surface area contributed by atoms with Crippen LogP contribution in [0.1, 0.15) is 28.4 Å². The average Bonchev–Trinajstić information content (AvgIpc) is 2.80. The van der Waals surface area contributed by atoms with E-state index in [4.69, 9.17) is 0 Å². The number of aryl methyl sites for hydroxylation is 1. The Balaban J connectivity index is 1.69. The zero-order valence-electron chi connectivity index (χ0n) is 17.3. The van der Waals surface area contributed by atoms with Crippen LogP contribution in [0.25, 0.3) is 0 Å². The zero-order valence-corrected chi connectivity index (χ0v) is 17.3. The van der Waals surface area contributed by atoms with Crippen LogP contribution in [-0.2, 0) is 13.1 Å². The van der Waals surface area contributed by atoms with Crippen LogP contribution in [0.5, 0.6) is 0 Å². The van der Waals surface area contributed by atoms with Crippen LogP contribution in [0.15, 0.2) is 109 Å². The number of anilines is 2. The predicted octanol–water partition coefficient (Wildman–Crippen LogP) is 6.72. The highest BCUT2D eigenvalue weighted by Crippen LogP contribution is 2.43. The molecule has 0 spiro atoms. The first-order chi connectivity index (χ1) is 14.8. The SMILES string of the molecule is Cc1ccccc1N1Cc2ccccc2N(Cc2ccccc2)C1c1ccccc1. The fourth-order valence-electron chi connectivity index (χ4n) is 4.53. The number of hydrogen-bond donors (Lipinski definition) is 0. The van der Waals surface area contributed by atoms with Gasteiger partial charge in [-0.15, -0.1) is 0 Å². The highest BCUT2D eigenvalue weighted by molar-refractivity contribution is 5.66. The molecule has 0 amide bonds. The van der Waals surface area contributed by atoms with Gasteiger partial charge in [0.2, 0.25) is 0 Å². The Labute approximate surface area is 179 Å². The molecule has 0 fully saturated rings. The Morgan fingerprint density at radius 2 is 1.27 bits per heavy atom. The first kappa shape index (κ1) is 18.5. The van der Waals surface area contributed by atoms with Gasteiger partial charge in [-0.25, -0.2) is 0 Å². The molecule has 4 aromatic carbocycles. The van der Waals surface area contributed by atoms with Gasteiger partial charge in [-0.05, 0) is 41.3 Å². The molecule has 0 aliphatic carbocycles. The summed E-state index contributed by atoms with van der Waals surface area (Å²) in [5.41, 5.74) is 7.91. The van der Waals surface area contributed by atoms with Crippen LogP contribution in [0.4, 0.5) is 11.4 Å². The lowest BCUT2D eigenvalue weighted by Crippen LogP contribution is -2.45. The zero-order chi connectivity index (χ0) is 20.3. The van der Waals surface area contributed by atoms with Crippen LogP contribution < -0.4 is 9.80 Å². The van der Waals surface area contributed by atoms with Crippen molar-refractivity contribution >= 4 is 11.4 Å². The Morgan fingerprint density at radius 3 is 2.00 bits per heavy atom. The molecule has 5 rings (SSSR count). The number of hydrogen-bond acceptors (Lipinski definition) is 2. The van der Waals surface area contributed by atoms with Gasteiger partial charge in [0, 0.05) is 24.5 Å². The Hall–Kier alpha value is -3.52. The van der Waals surface area contributed by atoms with E-state index in [2.05, 4.69) is 126 Å². The highest BCUT2D eigenvalue weighted by atomic mass is 15.4. The van der Waals surface area contributed by atoms with Crippen LogP contribution in [0, 0.1) is 6.92 Å². The Morgan fingerprint density at radius 1 is 0.667 bits per heavy atom.